The van der Waals surface area contributed by atoms with E-state index in [9.17, 15) is 4.79 Å². The third kappa shape index (κ3) is 1.55. The molecule has 2 heterocycles. The Morgan fingerprint density at radius 2 is 1.83 bits per heavy atom. The van der Waals surface area contributed by atoms with Gasteiger partial charge in [-0.05, 0) is 11.6 Å². The number of benzene rings is 1. The molecule has 3 aromatic rings. The summed E-state index contributed by atoms with van der Waals surface area (Å²) in [6, 6.07) is 11.4. The van der Waals surface area contributed by atoms with Crippen molar-refractivity contribution in [2.24, 2.45) is 0 Å². The zero-order valence-electron chi connectivity index (χ0n) is 9.46. The normalized spacial score (nSPS) is 10.7. The molecule has 0 spiro atoms. The molecule has 3 rings (SSSR count). The Morgan fingerprint density at radius 3 is 2.61 bits per heavy atom. The van der Waals surface area contributed by atoms with Gasteiger partial charge in [-0.3, -0.25) is 4.98 Å². The molecule has 88 valence electrons. The van der Waals surface area contributed by atoms with Gasteiger partial charge in [0.15, 0.2) is 0 Å². The van der Waals surface area contributed by atoms with E-state index in [1.165, 1.54) is 6.20 Å². The summed E-state index contributed by atoms with van der Waals surface area (Å²) in [5, 5.41) is 1.19. The molecule has 0 radical (unpaired) electrons. The van der Waals surface area contributed by atoms with E-state index in [0.29, 0.717) is 5.39 Å². The molecule has 0 atom stereocenters. The van der Waals surface area contributed by atoms with Crippen LogP contribution in [0.15, 0.2) is 58.0 Å². The topological polar surface area (TPSA) is 69.1 Å². The van der Waals surface area contributed by atoms with Gasteiger partial charge < -0.3 is 10.2 Å². The summed E-state index contributed by atoms with van der Waals surface area (Å²) in [5.41, 5.74) is 7.01. The molecule has 2 N–H and O–H groups in total. The fourth-order valence-electron chi connectivity index (χ4n) is 2.02. The van der Waals surface area contributed by atoms with Crippen LogP contribution in [0.2, 0.25) is 0 Å². The number of anilines is 1. The maximum atomic E-state index is 11.7. The molecule has 4 nitrogen and oxygen atoms in total. The van der Waals surface area contributed by atoms with Gasteiger partial charge in [-0.15, -0.1) is 0 Å². The first-order valence-corrected chi connectivity index (χ1v) is 5.49. The first-order chi connectivity index (χ1) is 8.77. The lowest BCUT2D eigenvalue weighted by Gasteiger charge is -2.07. The molecule has 0 fully saturated rings. The molecule has 0 saturated carbocycles. The van der Waals surface area contributed by atoms with E-state index in [1.807, 2.05) is 30.3 Å². The number of aromatic nitrogens is 1. The molecule has 0 aliphatic heterocycles. The zero-order chi connectivity index (χ0) is 12.5. The number of nitrogens with two attached hydrogens (primary N) is 1. The maximum Gasteiger partial charge on any atom is 0.347 e. The largest absolute Gasteiger partial charge is 0.406 e. The molecular formula is C14H10N2O2. The van der Waals surface area contributed by atoms with Crippen LogP contribution in [0.1, 0.15) is 0 Å². The molecule has 18 heavy (non-hydrogen) atoms. The van der Waals surface area contributed by atoms with Crippen molar-refractivity contribution in [3.05, 3.63) is 59.2 Å². The molecule has 0 aliphatic carbocycles. The number of pyridine rings is 1. The minimum atomic E-state index is -0.463. The van der Waals surface area contributed by atoms with Crippen LogP contribution in [0.5, 0.6) is 0 Å². The monoisotopic (exact) mass is 238 g/mol. The molecular weight excluding hydrogens is 228 g/mol. The first kappa shape index (κ1) is 10.5. The Hall–Kier alpha value is -2.62. The van der Waals surface area contributed by atoms with Crippen molar-refractivity contribution in [1.82, 2.24) is 4.98 Å². The second-order valence-corrected chi connectivity index (χ2v) is 3.92. The molecule has 0 unspecified atom stereocenters. The lowest BCUT2D eigenvalue weighted by Crippen LogP contribution is -2.04. The predicted octanol–water partition coefficient (Wildman–Crippen LogP) is 2.44. The number of nitrogen functional groups attached to an aromatic ring is 1. The van der Waals surface area contributed by atoms with Crippen molar-refractivity contribution >= 4 is 16.7 Å². The minimum absolute atomic E-state index is 0.130. The number of hydrogen-bond donors (Lipinski definition) is 1. The van der Waals surface area contributed by atoms with Gasteiger partial charge in [-0.25, -0.2) is 4.79 Å². The lowest BCUT2D eigenvalue weighted by molar-refractivity contribution is 0.541. The Morgan fingerprint density at radius 1 is 1.06 bits per heavy atom. The predicted molar refractivity (Wildman–Crippen MR) is 70.1 cm³/mol. The highest BCUT2D eigenvalue weighted by Gasteiger charge is 2.12. The standard InChI is InChI=1S/C14H10N2O2/c15-13-12(9-4-2-1-3-5-9)10-6-7-16-8-11(10)14(17)18-13/h1-8H,15H2. The van der Waals surface area contributed by atoms with Crippen molar-refractivity contribution in [1.29, 1.82) is 0 Å². The highest BCUT2D eigenvalue weighted by atomic mass is 16.4. The van der Waals surface area contributed by atoms with Crippen LogP contribution in [0.3, 0.4) is 0 Å². The summed E-state index contributed by atoms with van der Waals surface area (Å²) < 4.78 is 5.06. The quantitative estimate of drug-likeness (QED) is 0.706. The van der Waals surface area contributed by atoms with Gasteiger partial charge in [-0.1, -0.05) is 30.3 Å². The van der Waals surface area contributed by atoms with E-state index in [4.69, 9.17) is 10.2 Å². The maximum absolute atomic E-state index is 11.7. The van der Waals surface area contributed by atoms with Crippen molar-refractivity contribution in [2.75, 3.05) is 5.73 Å². The molecule has 0 aliphatic rings. The Balaban J connectivity index is 2.46. The third-order valence-corrected chi connectivity index (χ3v) is 2.82. The molecule has 0 amide bonds. The van der Waals surface area contributed by atoms with Crippen LogP contribution in [0.25, 0.3) is 21.9 Å². The van der Waals surface area contributed by atoms with Crippen LogP contribution in [-0.4, -0.2) is 4.98 Å². The fourth-order valence-corrected chi connectivity index (χ4v) is 2.02. The van der Waals surface area contributed by atoms with Gasteiger partial charge in [0.1, 0.15) is 0 Å². The van der Waals surface area contributed by atoms with Gasteiger partial charge in [-0.2, -0.15) is 0 Å². The summed E-state index contributed by atoms with van der Waals surface area (Å²) in [7, 11) is 0. The first-order valence-electron chi connectivity index (χ1n) is 5.49. The van der Waals surface area contributed by atoms with Crippen LogP contribution in [0, 0.1) is 0 Å². The van der Waals surface area contributed by atoms with Crippen molar-refractivity contribution < 1.29 is 4.42 Å². The fraction of sp³-hybridized carbons (Fsp3) is 0. The highest BCUT2D eigenvalue weighted by Crippen LogP contribution is 2.31. The highest BCUT2D eigenvalue weighted by molar-refractivity contribution is 5.99. The van der Waals surface area contributed by atoms with Gasteiger partial charge in [0.25, 0.3) is 0 Å². The van der Waals surface area contributed by atoms with E-state index in [-0.39, 0.29) is 5.88 Å². The second-order valence-electron chi connectivity index (χ2n) is 3.92. The molecule has 0 bridgehead atoms. The van der Waals surface area contributed by atoms with Gasteiger partial charge in [0.05, 0.1) is 10.9 Å². The summed E-state index contributed by atoms with van der Waals surface area (Å²) in [5.74, 6) is 0.130. The van der Waals surface area contributed by atoms with E-state index < -0.39 is 5.63 Å². The summed E-state index contributed by atoms with van der Waals surface area (Å²) in [6.07, 6.45) is 3.13. The smallest absolute Gasteiger partial charge is 0.347 e. The lowest BCUT2D eigenvalue weighted by atomic mass is 10.0. The van der Waals surface area contributed by atoms with E-state index in [0.717, 1.165) is 16.5 Å². The van der Waals surface area contributed by atoms with E-state index >= 15 is 0 Å². The van der Waals surface area contributed by atoms with Gasteiger partial charge >= 0.3 is 5.63 Å². The number of nitrogens with zero attached hydrogens (tertiary/aromatic N) is 1. The number of hydrogen-bond acceptors (Lipinski definition) is 4. The number of fused-ring (bicyclic) bond motifs is 1. The van der Waals surface area contributed by atoms with Gasteiger partial charge in [0, 0.05) is 17.8 Å². The van der Waals surface area contributed by atoms with E-state index in [1.54, 1.807) is 12.3 Å². The summed E-state index contributed by atoms with van der Waals surface area (Å²) in [6.45, 7) is 0. The van der Waals surface area contributed by atoms with Crippen molar-refractivity contribution in [2.45, 2.75) is 0 Å². The number of rotatable bonds is 1. The van der Waals surface area contributed by atoms with E-state index in [2.05, 4.69) is 4.98 Å². The second kappa shape index (κ2) is 4.00. The Bertz CT molecular complexity index is 764. The van der Waals surface area contributed by atoms with Crippen LogP contribution in [0.4, 0.5) is 5.88 Å². The zero-order valence-corrected chi connectivity index (χ0v) is 9.46. The third-order valence-electron chi connectivity index (χ3n) is 2.82. The summed E-state index contributed by atoms with van der Waals surface area (Å²) >= 11 is 0. The van der Waals surface area contributed by atoms with Crippen LogP contribution in [-0.2, 0) is 0 Å². The van der Waals surface area contributed by atoms with Crippen LogP contribution < -0.4 is 11.4 Å². The SMILES string of the molecule is Nc1oc(=O)c2cnccc2c1-c1ccccc1. The average molecular weight is 238 g/mol. The molecule has 1 aromatic carbocycles. The molecule has 4 heteroatoms. The molecule has 2 aromatic heterocycles. The average Bonchev–Trinajstić information content (AvgIpc) is 2.40. The minimum Gasteiger partial charge on any atom is -0.406 e. The molecule has 0 saturated heterocycles. The van der Waals surface area contributed by atoms with Crippen molar-refractivity contribution in [3.63, 3.8) is 0 Å². The Kier molecular flexibility index (Phi) is 2.34. The van der Waals surface area contributed by atoms with Gasteiger partial charge in [0.2, 0.25) is 5.88 Å². The van der Waals surface area contributed by atoms with Crippen molar-refractivity contribution in [3.8, 4) is 11.1 Å². The Labute approximate surface area is 103 Å². The van der Waals surface area contributed by atoms with Crippen LogP contribution >= 0.6 is 0 Å². The summed E-state index contributed by atoms with van der Waals surface area (Å²) in [4.78, 5) is 15.6.